The van der Waals surface area contributed by atoms with E-state index in [2.05, 4.69) is 52.9 Å². The minimum Gasteiger partial charge on any atom is -0.325 e. The number of aryl methyl sites for hydroxylation is 1. The molecule has 0 aliphatic carbocycles. The molecule has 2 aromatic rings. The van der Waals surface area contributed by atoms with Gasteiger partial charge in [-0.1, -0.05) is 49.7 Å². The van der Waals surface area contributed by atoms with Gasteiger partial charge in [-0.15, -0.1) is 10.2 Å². The Kier molecular flexibility index (Phi) is 8.79. The van der Waals surface area contributed by atoms with Crippen LogP contribution in [-0.2, 0) is 11.3 Å². The smallest absolute Gasteiger partial charge is 0.234 e. The van der Waals surface area contributed by atoms with Gasteiger partial charge >= 0.3 is 0 Å². The summed E-state index contributed by atoms with van der Waals surface area (Å²) in [6, 6.07) is 5.69. The topological polar surface area (TPSA) is 63.1 Å². The molecule has 1 unspecified atom stereocenters. The number of halogens is 1. The van der Waals surface area contributed by atoms with Crippen LogP contribution in [0.4, 0.5) is 5.69 Å². The molecule has 0 saturated carbocycles. The second-order valence-electron chi connectivity index (χ2n) is 7.03. The first-order chi connectivity index (χ1) is 13.4. The lowest BCUT2D eigenvalue weighted by Gasteiger charge is -2.23. The highest BCUT2D eigenvalue weighted by Gasteiger charge is 2.22. The molecule has 0 fully saturated rings. The summed E-state index contributed by atoms with van der Waals surface area (Å²) in [4.78, 5) is 14.6. The molecule has 1 heterocycles. The van der Waals surface area contributed by atoms with Crippen molar-refractivity contribution < 1.29 is 4.79 Å². The maximum atomic E-state index is 12.4. The first kappa shape index (κ1) is 22.7. The molecule has 0 spiro atoms. The Balaban J connectivity index is 2.11. The van der Waals surface area contributed by atoms with Crippen LogP contribution >= 0.6 is 23.4 Å². The lowest BCUT2D eigenvalue weighted by atomic mass is 10.2. The lowest BCUT2D eigenvalue weighted by molar-refractivity contribution is -0.113. The highest BCUT2D eigenvalue weighted by Crippen LogP contribution is 2.26. The van der Waals surface area contributed by atoms with Crippen LogP contribution in [0.15, 0.2) is 23.4 Å². The number of carbonyl (C=O) groups excluding carboxylic acids is 1. The minimum absolute atomic E-state index is 0.0818. The molecule has 8 heteroatoms. The first-order valence-electron chi connectivity index (χ1n) is 9.65. The number of aromatic nitrogens is 3. The van der Waals surface area contributed by atoms with E-state index in [1.165, 1.54) is 11.8 Å². The number of anilines is 1. The summed E-state index contributed by atoms with van der Waals surface area (Å²) in [7, 11) is 4.11. The third-order valence-electron chi connectivity index (χ3n) is 4.59. The quantitative estimate of drug-likeness (QED) is 0.557. The van der Waals surface area contributed by atoms with Gasteiger partial charge in [-0.25, -0.2) is 0 Å². The lowest BCUT2D eigenvalue weighted by Crippen LogP contribution is -2.23. The second kappa shape index (κ2) is 10.8. The van der Waals surface area contributed by atoms with E-state index in [9.17, 15) is 4.79 Å². The van der Waals surface area contributed by atoms with Crippen LogP contribution in [-0.4, -0.2) is 45.4 Å². The zero-order valence-corrected chi connectivity index (χ0v) is 18.9. The molecular formula is C20H30ClN5OS. The molecule has 0 aliphatic rings. The molecule has 0 saturated heterocycles. The van der Waals surface area contributed by atoms with Crippen molar-refractivity contribution in [1.29, 1.82) is 0 Å². The van der Waals surface area contributed by atoms with Crippen LogP contribution in [0.5, 0.6) is 0 Å². The molecule has 0 radical (unpaired) electrons. The zero-order chi connectivity index (χ0) is 20.7. The Bertz CT molecular complexity index is 793. The van der Waals surface area contributed by atoms with Crippen molar-refractivity contribution >= 4 is 35.0 Å². The van der Waals surface area contributed by atoms with Crippen LogP contribution < -0.4 is 5.32 Å². The minimum atomic E-state index is -0.0818. The van der Waals surface area contributed by atoms with Gasteiger partial charge in [0, 0.05) is 17.3 Å². The predicted octanol–water partition coefficient (Wildman–Crippen LogP) is 4.78. The van der Waals surface area contributed by atoms with E-state index in [4.69, 9.17) is 11.6 Å². The summed E-state index contributed by atoms with van der Waals surface area (Å²) in [6.07, 6.45) is 3.10. The summed E-state index contributed by atoms with van der Waals surface area (Å²) in [5, 5.41) is 13.2. The molecule has 154 valence electrons. The highest BCUT2D eigenvalue weighted by atomic mass is 35.5. The standard InChI is InChI=1S/C20H30ClN5OS/c1-6-8-11-26-19(17(7-2)25(4)5)23-24-20(26)28-13-18(27)22-16-12-15(21)10-9-14(16)3/h9-10,12,17H,6-8,11,13H2,1-5H3,(H,22,27). The third kappa shape index (κ3) is 5.96. The zero-order valence-electron chi connectivity index (χ0n) is 17.3. The SMILES string of the molecule is CCCCn1c(SCC(=O)Nc2cc(Cl)ccc2C)nnc1C(CC)N(C)C. The van der Waals surface area contributed by atoms with Crippen LogP contribution in [0.2, 0.25) is 5.02 Å². The summed E-state index contributed by atoms with van der Waals surface area (Å²) in [5.74, 6) is 1.16. The Morgan fingerprint density at radius 3 is 2.71 bits per heavy atom. The number of amides is 1. The molecule has 1 atom stereocenters. The number of hydrogen-bond acceptors (Lipinski definition) is 5. The summed E-state index contributed by atoms with van der Waals surface area (Å²) in [5.41, 5.74) is 1.72. The predicted molar refractivity (Wildman–Crippen MR) is 117 cm³/mol. The monoisotopic (exact) mass is 423 g/mol. The molecule has 1 aromatic heterocycles. The number of nitrogens with zero attached hydrogens (tertiary/aromatic N) is 4. The number of unbranched alkanes of at least 4 members (excludes halogenated alkanes) is 1. The van der Waals surface area contributed by atoms with Gasteiger partial charge in [-0.3, -0.25) is 9.69 Å². The van der Waals surface area contributed by atoms with Crippen molar-refractivity contribution in [2.45, 2.75) is 57.8 Å². The van der Waals surface area contributed by atoms with Crippen molar-refractivity contribution in [3.63, 3.8) is 0 Å². The maximum Gasteiger partial charge on any atom is 0.234 e. The number of nitrogens with one attached hydrogen (secondary N) is 1. The van der Waals surface area contributed by atoms with E-state index in [1.807, 2.05) is 19.1 Å². The van der Waals surface area contributed by atoms with E-state index in [0.717, 1.165) is 48.0 Å². The number of rotatable bonds is 10. The van der Waals surface area contributed by atoms with Crippen LogP contribution in [0.25, 0.3) is 0 Å². The number of carbonyl (C=O) groups is 1. The van der Waals surface area contributed by atoms with Gasteiger partial charge in [0.2, 0.25) is 5.91 Å². The summed E-state index contributed by atoms with van der Waals surface area (Å²) in [6.45, 7) is 7.12. The van der Waals surface area contributed by atoms with Crippen molar-refractivity contribution in [3.05, 3.63) is 34.6 Å². The largest absolute Gasteiger partial charge is 0.325 e. The van der Waals surface area contributed by atoms with Gasteiger partial charge in [-0.05, 0) is 51.6 Å². The molecular weight excluding hydrogens is 394 g/mol. The third-order valence-corrected chi connectivity index (χ3v) is 5.80. The molecule has 6 nitrogen and oxygen atoms in total. The van der Waals surface area contributed by atoms with Gasteiger partial charge < -0.3 is 9.88 Å². The van der Waals surface area contributed by atoms with Crippen LogP contribution in [0, 0.1) is 6.92 Å². The fraction of sp³-hybridized carbons (Fsp3) is 0.550. The highest BCUT2D eigenvalue weighted by molar-refractivity contribution is 7.99. The van der Waals surface area contributed by atoms with E-state index in [-0.39, 0.29) is 17.7 Å². The van der Waals surface area contributed by atoms with Crippen molar-refractivity contribution in [3.8, 4) is 0 Å². The van der Waals surface area contributed by atoms with E-state index in [0.29, 0.717) is 5.02 Å². The van der Waals surface area contributed by atoms with Gasteiger partial charge in [0.25, 0.3) is 0 Å². The van der Waals surface area contributed by atoms with Gasteiger partial charge in [0.05, 0.1) is 11.8 Å². The molecule has 0 bridgehead atoms. The van der Waals surface area contributed by atoms with Gasteiger partial charge in [-0.2, -0.15) is 0 Å². The van der Waals surface area contributed by atoms with Crippen molar-refractivity contribution in [2.75, 3.05) is 25.2 Å². The Labute approximate surface area is 177 Å². The van der Waals surface area contributed by atoms with E-state index >= 15 is 0 Å². The van der Waals surface area contributed by atoms with Crippen molar-refractivity contribution in [1.82, 2.24) is 19.7 Å². The first-order valence-corrected chi connectivity index (χ1v) is 11.0. The molecule has 1 amide bonds. The molecule has 0 aliphatic heterocycles. The van der Waals surface area contributed by atoms with E-state index in [1.54, 1.807) is 6.07 Å². The number of benzene rings is 1. The summed E-state index contributed by atoms with van der Waals surface area (Å²) >= 11 is 7.45. The van der Waals surface area contributed by atoms with Gasteiger partial charge in [0.1, 0.15) is 0 Å². The Morgan fingerprint density at radius 1 is 1.32 bits per heavy atom. The molecule has 28 heavy (non-hydrogen) atoms. The number of hydrogen-bond donors (Lipinski definition) is 1. The second-order valence-corrected chi connectivity index (χ2v) is 8.41. The molecule has 1 N–H and O–H groups in total. The van der Waals surface area contributed by atoms with Crippen LogP contribution in [0.1, 0.15) is 50.5 Å². The molecule has 1 aromatic carbocycles. The molecule has 2 rings (SSSR count). The van der Waals surface area contributed by atoms with E-state index < -0.39 is 0 Å². The average molecular weight is 424 g/mol. The summed E-state index contributed by atoms with van der Waals surface area (Å²) < 4.78 is 2.17. The van der Waals surface area contributed by atoms with Gasteiger partial charge in [0.15, 0.2) is 11.0 Å². The van der Waals surface area contributed by atoms with Crippen molar-refractivity contribution in [2.24, 2.45) is 0 Å². The Hall–Kier alpha value is -1.57. The normalized spacial score (nSPS) is 12.4. The van der Waals surface area contributed by atoms with Crippen LogP contribution in [0.3, 0.4) is 0 Å². The number of thioether (sulfide) groups is 1. The Morgan fingerprint density at radius 2 is 2.07 bits per heavy atom. The fourth-order valence-corrected chi connectivity index (χ4v) is 3.95. The average Bonchev–Trinajstić information content (AvgIpc) is 3.04. The maximum absolute atomic E-state index is 12.4. The fourth-order valence-electron chi connectivity index (χ4n) is 3.00.